The highest BCUT2D eigenvalue weighted by Crippen LogP contribution is 2.05. The zero-order valence-electron chi connectivity index (χ0n) is 11.8. The summed E-state index contributed by atoms with van der Waals surface area (Å²) in [6.07, 6.45) is 1.82. The summed E-state index contributed by atoms with van der Waals surface area (Å²) < 4.78 is 23.2. The van der Waals surface area contributed by atoms with Crippen LogP contribution in [0.4, 0.5) is 4.39 Å². The van der Waals surface area contributed by atoms with Gasteiger partial charge in [-0.3, -0.25) is 0 Å². The number of nitrogens with one attached hydrogen (secondary N) is 1. The zero-order valence-corrected chi connectivity index (χ0v) is 11.8. The first-order valence-corrected chi connectivity index (χ1v) is 6.77. The first-order chi connectivity index (χ1) is 9.22. The van der Waals surface area contributed by atoms with Crippen molar-refractivity contribution in [2.45, 2.75) is 25.8 Å². The molecule has 1 rings (SSSR count). The lowest BCUT2D eigenvalue weighted by Gasteiger charge is -2.14. The van der Waals surface area contributed by atoms with Gasteiger partial charge in [-0.05, 0) is 37.5 Å². The van der Waals surface area contributed by atoms with Crippen LogP contribution in [0.2, 0.25) is 0 Å². The van der Waals surface area contributed by atoms with E-state index in [-0.39, 0.29) is 5.82 Å². The Hall–Kier alpha value is -0.970. The van der Waals surface area contributed by atoms with Crippen molar-refractivity contribution in [1.82, 2.24) is 5.32 Å². The Labute approximate surface area is 115 Å². The van der Waals surface area contributed by atoms with E-state index in [4.69, 9.17) is 9.47 Å². The Morgan fingerprint density at radius 2 is 1.89 bits per heavy atom. The topological polar surface area (TPSA) is 30.5 Å². The molecule has 19 heavy (non-hydrogen) atoms. The van der Waals surface area contributed by atoms with E-state index >= 15 is 0 Å². The second kappa shape index (κ2) is 9.89. The lowest BCUT2D eigenvalue weighted by Crippen LogP contribution is -2.31. The predicted molar refractivity (Wildman–Crippen MR) is 74.9 cm³/mol. The van der Waals surface area contributed by atoms with Crippen LogP contribution in [0.5, 0.6) is 0 Å². The van der Waals surface area contributed by atoms with Crippen molar-refractivity contribution in [3.05, 3.63) is 35.6 Å². The summed E-state index contributed by atoms with van der Waals surface area (Å²) >= 11 is 0. The maximum atomic E-state index is 12.8. The van der Waals surface area contributed by atoms with Crippen LogP contribution in [0.15, 0.2) is 24.3 Å². The average Bonchev–Trinajstić information content (AvgIpc) is 2.40. The maximum absolute atomic E-state index is 12.8. The third kappa shape index (κ3) is 7.93. The summed E-state index contributed by atoms with van der Waals surface area (Å²) in [7, 11) is 1.69. The maximum Gasteiger partial charge on any atom is 0.123 e. The molecular formula is C15H24FNO2. The molecule has 0 aliphatic heterocycles. The van der Waals surface area contributed by atoms with Gasteiger partial charge in [0.1, 0.15) is 5.82 Å². The number of benzene rings is 1. The van der Waals surface area contributed by atoms with Gasteiger partial charge in [-0.25, -0.2) is 4.39 Å². The number of ether oxygens (including phenoxy) is 2. The highest BCUT2D eigenvalue weighted by atomic mass is 19.1. The van der Waals surface area contributed by atoms with E-state index in [0.717, 1.165) is 38.2 Å². The van der Waals surface area contributed by atoms with Gasteiger partial charge >= 0.3 is 0 Å². The van der Waals surface area contributed by atoms with E-state index < -0.39 is 0 Å². The van der Waals surface area contributed by atoms with Gasteiger partial charge in [0, 0.05) is 32.9 Å². The zero-order chi connectivity index (χ0) is 13.9. The molecule has 0 fully saturated rings. The van der Waals surface area contributed by atoms with Gasteiger partial charge in [0.15, 0.2) is 0 Å². The smallest absolute Gasteiger partial charge is 0.123 e. The quantitative estimate of drug-likeness (QED) is 0.662. The summed E-state index contributed by atoms with van der Waals surface area (Å²) in [5, 5.41) is 3.39. The largest absolute Gasteiger partial charge is 0.385 e. The molecule has 0 spiro atoms. The Kier molecular flexibility index (Phi) is 8.38. The van der Waals surface area contributed by atoms with Crippen molar-refractivity contribution >= 4 is 0 Å². The molecule has 1 N–H and O–H groups in total. The summed E-state index contributed by atoms with van der Waals surface area (Å²) in [5.41, 5.74) is 1.14. The molecule has 0 aliphatic rings. The van der Waals surface area contributed by atoms with Crippen molar-refractivity contribution in [3.8, 4) is 0 Å². The monoisotopic (exact) mass is 269 g/mol. The predicted octanol–water partition coefficient (Wildman–Crippen LogP) is 2.40. The Balaban J connectivity index is 2.04. The minimum Gasteiger partial charge on any atom is -0.385 e. The van der Waals surface area contributed by atoms with E-state index in [9.17, 15) is 4.39 Å². The van der Waals surface area contributed by atoms with Crippen LogP contribution in [-0.2, 0) is 15.9 Å². The third-order valence-corrected chi connectivity index (χ3v) is 2.83. The highest BCUT2D eigenvalue weighted by Gasteiger charge is 2.02. The fraction of sp³-hybridized carbons (Fsp3) is 0.600. The van der Waals surface area contributed by atoms with Gasteiger partial charge in [-0.2, -0.15) is 0 Å². The van der Waals surface area contributed by atoms with Crippen LogP contribution in [0.1, 0.15) is 18.9 Å². The van der Waals surface area contributed by atoms with Crippen LogP contribution in [-0.4, -0.2) is 39.5 Å². The van der Waals surface area contributed by atoms with Crippen LogP contribution < -0.4 is 5.32 Å². The number of methoxy groups -OCH3 is 1. The van der Waals surface area contributed by atoms with E-state index in [1.807, 2.05) is 12.1 Å². The number of hydrogen-bond donors (Lipinski definition) is 1. The molecule has 0 bridgehead atoms. The molecule has 0 aromatic heterocycles. The second-order valence-electron chi connectivity index (χ2n) is 4.64. The minimum absolute atomic E-state index is 0.186. The molecule has 0 aliphatic carbocycles. The number of rotatable bonds is 10. The van der Waals surface area contributed by atoms with Crippen molar-refractivity contribution in [2.24, 2.45) is 0 Å². The average molecular weight is 269 g/mol. The first-order valence-electron chi connectivity index (χ1n) is 6.77. The summed E-state index contributed by atoms with van der Waals surface area (Å²) in [5.74, 6) is -0.186. The van der Waals surface area contributed by atoms with Crippen LogP contribution in [0, 0.1) is 5.82 Å². The summed E-state index contributed by atoms with van der Waals surface area (Å²) in [6.45, 7) is 5.14. The lowest BCUT2D eigenvalue weighted by molar-refractivity contribution is 0.103. The van der Waals surface area contributed by atoms with E-state index in [1.165, 1.54) is 12.1 Å². The molecule has 0 radical (unpaired) electrons. The SMILES string of the molecule is COCCCOCCNC(C)Cc1ccc(F)cc1. The number of halogens is 1. The van der Waals surface area contributed by atoms with Crippen LogP contribution >= 0.6 is 0 Å². The van der Waals surface area contributed by atoms with Crippen molar-refractivity contribution < 1.29 is 13.9 Å². The molecule has 3 nitrogen and oxygen atoms in total. The normalized spacial score (nSPS) is 12.6. The highest BCUT2D eigenvalue weighted by molar-refractivity contribution is 5.16. The van der Waals surface area contributed by atoms with Gasteiger partial charge in [0.2, 0.25) is 0 Å². The Morgan fingerprint density at radius 3 is 2.58 bits per heavy atom. The molecule has 1 aromatic carbocycles. The molecule has 0 saturated carbocycles. The number of hydrogen-bond acceptors (Lipinski definition) is 3. The lowest BCUT2D eigenvalue weighted by atomic mass is 10.1. The second-order valence-corrected chi connectivity index (χ2v) is 4.64. The van der Waals surface area contributed by atoms with Gasteiger partial charge in [0.25, 0.3) is 0 Å². The van der Waals surface area contributed by atoms with Gasteiger partial charge in [-0.15, -0.1) is 0 Å². The van der Waals surface area contributed by atoms with Gasteiger partial charge < -0.3 is 14.8 Å². The Bertz CT molecular complexity index is 329. The molecule has 4 heteroatoms. The molecular weight excluding hydrogens is 245 g/mol. The first kappa shape index (κ1) is 16.1. The van der Waals surface area contributed by atoms with E-state index in [1.54, 1.807) is 7.11 Å². The summed E-state index contributed by atoms with van der Waals surface area (Å²) in [4.78, 5) is 0. The van der Waals surface area contributed by atoms with Crippen LogP contribution in [0.3, 0.4) is 0 Å². The molecule has 0 heterocycles. The standard InChI is InChI=1S/C15H24FNO2/c1-13(12-14-4-6-15(16)7-5-14)17-8-11-19-10-3-9-18-2/h4-7,13,17H,3,8-12H2,1-2H3. The van der Waals surface area contributed by atoms with Gasteiger partial charge in [-0.1, -0.05) is 12.1 Å². The van der Waals surface area contributed by atoms with Gasteiger partial charge in [0.05, 0.1) is 6.61 Å². The fourth-order valence-electron chi connectivity index (χ4n) is 1.83. The molecule has 1 atom stereocenters. The van der Waals surface area contributed by atoms with Crippen molar-refractivity contribution in [1.29, 1.82) is 0 Å². The Morgan fingerprint density at radius 1 is 1.16 bits per heavy atom. The third-order valence-electron chi connectivity index (χ3n) is 2.83. The molecule has 0 amide bonds. The molecule has 1 aromatic rings. The fourth-order valence-corrected chi connectivity index (χ4v) is 1.83. The van der Waals surface area contributed by atoms with E-state index in [0.29, 0.717) is 12.6 Å². The molecule has 108 valence electrons. The van der Waals surface area contributed by atoms with Crippen molar-refractivity contribution in [2.75, 3.05) is 33.5 Å². The summed E-state index contributed by atoms with van der Waals surface area (Å²) in [6, 6.07) is 7.01. The van der Waals surface area contributed by atoms with E-state index in [2.05, 4.69) is 12.2 Å². The van der Waals surface area contributed by atoms with Crippen molar-refractivity contribution in [3.63, 3.8) is 0 Å². The molecule has 0 saturated heterocycles. The van der Waals surface area contributed by atoms with Crippen LogP contribution in [0.25, 0.3) is 0 Å². The molecule has 1 unspecified atom stereocenters. The minimum atomic E-state index is -0.186.